The van der Waals surface area contributed by atoms with Gasteiger partial charge in [-0.3, -0.25) is 4.90 Å². The van der Waals surface area contributed by atoms with Crippen LogP contribution in [0.1, 0.15) is 39.7 Å². The summed E-state index contributed by atoms with van der Waals surface area (Å²) in [4.78, 5) is 26.6. The molecule has 2 aliphatic rings. The highest BCUT2D eigenvalue weighted by atomic mass is 16.6. The van der Waals surface area contributed by atoms with Gasteiger partial charge >= 0.3 is 12.2 Å². The van der Waals surface area contributed by atoms with Gasteiger partial charge in [0.15, 0.2) is 0 Å². The second-order valence-electron chi connectivity index (χ2n) is 8.39. The highest BCUT2D eigenvalue weighted by Gasteiger charge is 2.57. The van der Waals surface area contributed by atoms with Crippen molar-refractivity contribution in [1.29, 1.82) is 0 Å². The van der Waals surface area contributed by atoms with Crippen molar-refractivity contribution in [3.05, 3.63) is 48.0 Å². The van der Waals surface area contributed by atoms with E-state index in [0.717, 1.165) is 12.0 Å². The van der Waals surface area contributed by atoms with Crippen molar-refractivity contribution in [2.24, 2.45) is 5.92 Å². The molecule has 1 aliphatic carbocycles. The lowest BCUT2D eigenvalue weighted by Gasteiger charge is -2.31. The summed E-state index contributed by atoms with van der Waals surface area (Å²) in [5.74, 6) is 0.208. The number of nitrogens with one attached hydrogen (secondary N) is 1. The van der Waals surface area contributed by atoms with Crippen LogP contribution in [0.4, 0.5) is 9.59 Å². The van der Waals surface area contributed by atoms with Crippen LogP contribution in [-0.4, -0.2) is 40.8 Å². The third kappa shape index (κ3) is 4.81. The number of benzene rings is 1. The van der Waals surface area contributed by atoms with Crippen molar-refractivity contribution in [2.75, 3.05) is 6.54 Å². The molecular weight excluding hydrogens is 344 g/mol. The molecule has 1 fully saturated rings. The van der Waals surface area contributed by atoms with E-state index in [1.807, 2.05) is 64.1 Å². The number of hydrogen-bond donors (Lipinski definition) is 1. The summed E-state index contributed by atoms with van der Waals surface area (Å²) in [7, 11) is 0. The van der Waals surface area contributed by atoms with Crippen LogP contribution in [-0.2, 0) is 16.1 Å². The van der Waals surface area contributed by atoms with E-state index in [1.54, 1.807) is 4.90 Å². The Kier molecular flexibility index (Phi) is 5.18. The van der Waals surface area contributed by atoms with Gasteiger partial charge in [-0.25, -0.2) is 9.59 Å². The summed E-state index contributed by atoms with van der Waals surface area (Å²) in [6.07, 6.45) is 4.03. The van der Waals surface area contributed by atoms with E-state index in [-0.39, 0.29) is 24.7 Å². The molecular formula is C21H28N2O4. The van der Waals surface area contributed by atoms with Gasteiger partial charge < -0.3 is 14.8 Å². The van der Waals surface area contributed by atoms with Crippen molar-refractivity contribution in [1.82, 2.24) is 10.2 Å². The smallest absolute Gasteiger partial charge is 0.410 e. The van der Waals surface area contributed by atoms with Crippen LogP contribution in [0.5, 0.6) is 0 Å². The summed E-state index contributed by atoms with van der Waals surface area (Å²) < 4.78 is 10.9. The Balaban J connectivity index is 1.64. The lowest BCUT2D eigenvalue weighted by atomic mass is 10.2. The third-order valence-corrected chi connectivity index (χ3v) is 4.89. The van der Waals surface area contributed by atoms with Gasteiger partial charge in [0.05, 0.1) is 11.6 Å². The van der Waals surface area contributed by atoms with E-state index in [1.165, 1.54) is 0 Å². The van der Waals surface area contributed by atoms with Gasteiger partial charge in [0, 0.05) is 12.5 Å². The molecule has 2 amide bonds. The number of ether oxygens (including phenoxy) is 2. The minimum absolute atomic E-state index is 0.0987. The average molecular weight is 372 g/mol. The fourth-order valence-corrected chi connectivity index (χ4v) is 3.34. The zero-order valence-corrected chi connectivity index (χ0v) is 16.4. The van der Waals surface area contributed by atoms with E-state index >= 15 is 0 Å². The molecule has 1 unspecified atom stereocenters. The molecule has 0 aromatic heterocycles. The Bertz CT molecular complexity index is 725. The molecule has 1 aliphatic heterocycles. The highest BCUT2D eigenvalue weighted by molar-refractivity contribution is 5.72. The maximum absolute atomic E-state index is 12.7. The first-order valence-electron chi connectivity index (χ1n) is 9.35. The zero-order valence-electron chi connectivity index (χ0n) is 16.4. The van der Waals surface area contributed by atoms with Crippen LogP contribution in [0.3, 0.4) is 0 Å². The SMILES string of the molecule is CC1C=C[C@@H]2C[C@]2(NC(=O)OC(C)(C)C)CN1C(=O)OCc1ccccc1. The first-order chi connectivity index (χ1) is 12.7. The lowest BCUT2D eigenvalue weighted by Crippen LogP contribution is -2.51. The number of nitrogens with zero attached hydrogens (tertiary/aromatic N) is 1. The minimum Gasteiger partial charge on any atom is -0.445 e. The zero-order chi connectivity index (χ0) is 19.7. The van der Waals surface area contributed by atoms with Gasteiger partial charge in [-0.2, -0.15) is 0 Å². The van der Waals surface area contributed by atoms with E-state index < -0.39 is 17.2 Å². The molecule has 3 rings (SSSR count). The molecule has 1 aromatic carbocycles. The number of rotatable bonds is 3. The largest absolute Gasteiger partial charge is 0.445 e. The fraction of sp³-hybridized carbons (Fsp3) is 0.524. The van der Waals surface area contributed by atoms with Crippen molar-refractivity contribution in [3.63, 3.8) is 0 Å². The minimum atomic E-state index is -0.562. The third-order valence-electron chi connectivity index (χ3n) is 4.89. The number of fused-ring (bicyclic) bond motifs is 1. The number of carbonyl (C=O) groups excluding carboxylic acids is 2. The monoisotopic (exact) mass is 372 g/mol. The van der Waals surface area contributed by atoms with E-state index in [4.69, 9.17) is 9.47 Å². The van der Waals surface area contributed by atoms with Crippen LogP contribution in [0, 0.1) is 5.92 Å². The molecule has 6 heteroatoms. The normalized spacial score (nSPS) is 26.6. The fourth-order valence-electron chi connectivity index (χ4n) is 3.34. The predicted molar refractivity (Wildman–Crippen MR) is 102 cm³/mol. The maximum atomic E-state index is 12.7. The molecule has 0 radical (unpaired) electrons. The Morgan fingerprint density at radius 1 is 1.22 bits per heavy atom. The first-order valence-corrected chi connectivity index (χ1v) is 9.35. The summed E-state index contributed by atoms with van der Waals surface area (Å²) >= 11 is 0. The van der Waals surface area contributed by atoms with E-state index in [0.29, 0.717) is 6.54 Å². The number of carbonyl (C=O) groups is 2. The lowest BCUT2D eigenvalue weighted by molar-refractivity contribution is 0.0457. The van der Waals surface area contributed by atoms with Crippen LogP contribution in [0.2, 0.25) is 0 Å². The first kappa shape index (κ1) is 19.3. The van der Waals surface area contributed by atoms with Gasteiger partial charge in [-0.1, -0.05) is 42.5 Å². The van der Waals surface area contributed by atoms with Crippen molar-refractivity contribution >= 4 is 12.2 Å². The van der Waals surface area contributed by atoms with Crippen LogP contribution >= 0.6 is 0 Å². The van der Waals surface area contributed by atoms with Crippen molar-refractivity contribution < 1.29 is 19.1 Å². The van der Waals surface area contributed by atoms with Gasteiger partial charge in [0.2, 0.25) is 0 Å². The summed E-state index contributed by atoms with van der Waals surface area (Å²) in [6.45, 7) is 8.07. The Labute approximate surface area is 160 Å². The Morgan fingerprint density at radius 3 is 2.59 bits per heavy atom. The topological polar surface area (TPSA) is 67.9 Å². The molecule has 0 spiro atoms. The standard InChI is InChI=1S/C21H28N2O4/c1-15-10-11-17-12-21(17,22-18(24)27-20(2,3)4)14-23(15)19(25)26-13-16-8-6-5-7-9-16/h5-11,15,17H,12-14H2,1-4H3,(H,22,24)/t15?,17-,21+/m1/s1. The van der Waals surface area contributed by atoms with Crippen LogP contribution in [0.25, 0.3) is 0 Å². The number of alkyl carbamates (subject to hydrolysis) is 1. The van der Waals surface area contributed by atoms with Gasteiger partial charge in [0.25, 0.3) is 0 Å². The number of hydrogen-bond acceptors (Lipinski definition) is 4. The summed E-state index contributed by atoms with van der Waals surface area (Å²) in [5.41, 5.74) is -0.0995. The van der Waals surface area contributed by atoms with E-state index in [9.17, 15) is 9.59 Å². The quantitative estimate of drug-likeness (QED) is 0.818. The van der Waals surface area contributed by atoms with E-state index in [2.05, 4.69) is 11.4 Å². The highest BCUT2D eigenvalue weighted by Crippen LogP contribution is 2.47. The molecule has 0 bridgehead atoms. The molecule has 27 heavy (non-hydrogen) atoms. The van der Waals surface area contributed by atoms with Gasteiger partial charge in [0.1, 0.15) is 12.2 Å². The molecule has 1 aromatic rings. The molecule has 3 atom stereocenters. The molecule has 146 valence electrons. The second-order valence-corrected chi connectivity index (χ2v) is 8.39. The van der Waals surface area contributed by atoms with Gasteiger partial charge in [-0.15, -0.1) is 0 Å². The second kappa shape index (κ2) is 7.25. The summed E-state index contributed by atoms with van der Waals surface area (Å²) in [5, 5.41) is 2.98. The van der Waals surface area contributed by atoms with Crippen molar-refractivity contribution in [2.45, 2.75) is 57.9 Å². The predicted octanol–water partition coefficient (Wildman–Crippen LogP) is 3.87. The average Bonchev–Trinajstić information content (AvgIpc) is 3.28. The van der Waals surface area contributed by atoms with Crippen LogP contribution in [0.15, 0.2) is 42.5 Å². The molecule has 1 N–H and O–H groups in total. The number of amides is 2. The molecule has 1 heterocycles. The Morgan fingerprint density at radius 2 is 1.93 bits per heavy atom. The maximum Gasteiger partial charge on any atom is 0.410 e. The Hall–Kier alpha value is -2.50. The van der Waals surface area contributed by atoms with Crippen molar-refractivity contribution in [3.8, 4) is 0 Å². The molecule has 6 nitrogen and oxygen atoms in total. The summed E-state index contributed by atoms with van der Waals surface area (Å²) in [6, 6.07) is 9.48. The molecule has 1 saturated carbocycles. The molecule has 0 saturated heterocycles. The van der Waals surface area contributed by atoms with Gasteiger partial charge in [-0.05, 0) is 39.7 Å². The van der Waals surface area contributed by atoms with Crippen LogP contribution < -0.4 is 5.32 Å².